The van der Waals surface area contributed by atoms with Crippen molar-refractivity contribution in [3.63, 3.8) is 0 Å². The molecule has 11 aromatic rings. The van der Waals surface area contributed by atoms with Gasteiger partial charge in [0.05, 0.1) is 17.1 Å². The minimum absolute atomic E-state index is 0.0227. The first-order chi connectivity index (χ1) is 34.5. The highest BCUT2D eigenvalue weighted by molar-refractivity contribution is 6.12. The van der Waals surface area contributed by atoms with Crippen molar-refractivity contribution < 1.29 is 0 Å². The molecule has 0 heterocycles. The van der Waals surface area contributed by atoms with Gasteiger partial charge in [0.1, 0.15) is 0 Å². The highest BCUT2D eigenvalue weighted by atomic mass is 15.1. The average molecular weight is 914 g/mol. The number of rotatable bonds is 9. The lowest BCUT2D eigenvalue weighted by molar-refractivity contribution is 0.569. The molecule has 0 bridgehead atoms. The van der Waals surface area contributed by atoms with Crippen LogP contribution < -0.4 is 4.90 Å². The minimum atomic E-state index is -0.0227. The SMILES string of the molecule is CC(C)(C)c1cc(-c2cccc3cccc(-c4ccccc4N(c4ccccc4-c4ccc(-c5ccccc5)cc4)c4ccccc4-c4cccc5cccc(-c6ccccc6)c45)c23)cc(C(C)(C)C)c1. The van der Waals surface area contributed by atoms with Crippen LogP contribution in [0.2, 0.25) is 0 Å². The quantitative estimate of drug-likeness (QED) is 0.139. The topological polar surface area (TPSA) is 3.24 Å². The summed E-state index contributed by atoms with van der Waals surface area (Å²) in [7, 11) is 0. The van der Waals surface area contributed by atoms with Crippen LogP contribution in [0.3, 0.4) is 0 Å². The van der Waals surface area contributed by atoms with E-state index in [0.29, 0.717) is 0 Å². The Morgan fingerprint density at radius 1 is 0.239 bits per heavy atom. The summed E-state index contributed by atoms with van der Waals surface area (Å²) in [5, 5.41) is 4.90. The standard InChI is InChI=1S/C70H59N/c1-69(2,3)55-45-54(46-56(47-55)70(4,5)6)59-35-20-28-53-30-22-37-63(68(53)59)61-33-15-18-40-66(61)71(64-38-16-13-31-57(64)51-43-41-49(42-44-51)48-23-9-7-10-24-48)65-39-17-14-32-60(65)62-36-21-29-52-27-19-34-58(67(52)62)50-25-11-8-12-26-50/h7-47H,1-6H3. The van der Waals surface area contributed by atoms with Gasteiger partial charge in [0.2, 0.25) is 0 Å². The first kappa shape index (κ1) is 45.2. The van der Waals surface area contributed by atoms with Crippen LogP contribution in [-0.2, 0) is 10.8 Å². The lowest BCUT2D eigenvalue weighted by Gasteiger charge is -2.32. The van der Waals surface area contributed by atoms with Crippen molar-refractivity contribution in [3.05, 3.63) is 260 Å². The molecule has 11 aromatic carbocycles. The van der Waals surface area contributed by atoms with Gasteiger partial charge in [-0.15, -0.1) is 0 Å². The Morgan fingerprint density at radius 2 is 0.563 bits per heavy atom. The molecule has 71 heavy (non-hydrogen) atoms. The maximum atomic E-state index is 2.54. The van der Waals surface area contributed by atoms with Crippen molar-refractivity contribution in [1.82, 2.24) is 0 Å². The molecule has 0 radical (unpaired) electrons. The Hall–Kier alpha value is -8.26. The zero-order chi connectivity index (χ0) is 48.7. The van der Waals surface area contributed by atoms with Crippen molar-refractivity contribution in [1.29, 1.82) is 0 Å². The molecule has 0 amide bonds. The van der Waals surface area contributed by atoms with Crippen LogP contribution in [0.15, 0.2) is 249 Å². The Kier molecular flexibility index (Phi) is 11.8. The first-order valence-corrected chi connectivity index (χ1v) is 25.0. The molecule has 0 aliphatic carbocycles. The summed E-state index contributed by atoms with van der Waals surface area (Å²) < 4.78 is 0. The smallest absolute Gasteiger partial charge is 0.0540 e. The Bertz CT molecular complexity index is 3660. The molecule has 0 aliphatic rings. The van der Waals surface area contributed by atoms with E-state index < -0.39 is 0 Å². The van der Waals surface area contributed by atoms with Gasteiger partial charge in [-0.3, -0.25) is 0 Å². The fourth-order valence-corrected chi connectivity index (χ4v) is 10.4. The van der Waals surface area contributed by atoms with Gasteiger partial charge in [-0.2, -0.15) is 0 Å². The van der Waals surface area contributed by atoms with Crippen LogP contribution in [0, 0.1) is 0 Å². The van der Waals surface area contributed by atoms with Gasteiger partial charge in [0.25, 0.3) is 0 Å². The van der Waals surface area contributed by atoms with Crippen LogP contribution in [0.1, 0.15) is 52.7 Å². The van der Waals surface area contributed by atoms with E-state index >= 15 is 0 Å². The maximum absolute atomic E-state index is 2.54. The van der Waals surface area contributed by atoms with Gasteiger partial charge >= 0.3 is 0 Å². The number of para-hydroxylation sites is 3. The number of hydrogen-bond acceptors (Lipinski definition) is 1. The lowest BCUT2D eigenvalue weighted by atomic mass is 9.78. The van der Waals surface area contributed by atoms with Gasteiger partial charge in [-0.05, 0) is 112 Å². The molecule has 11 rings (SSSR count). The van der Waals surface area contributed by atoms with Crippen molar-refractivity contribution in [2.45, 2.75) is 52.4 Å². The fourth-order valence-electron chi connectivity index (χ4n) is 10.4. The molecule has 0 fully saturated rings. The number of hydrogen-bond donors (Lipinski definition) is 0. The van der Waals surface area contributed by atoms with Crippen LogP contribution in [-0.4, -0.2) is 0 Å². The Labute approximate surface area is 420 Å². The molecule has 0 aromatic heterocycles. The summed E-state index contributed by atoms with van der Waals surface area (Å²) in [4.78, 5) is 2.54. The van der Waals surface area contributed by atoms with E-state index in [1.165, 1.54) is 77.2 Å². The highest BCUT2D eigenvalue weighted by Gasteiger charge is 2.26. The summed E-state index contributed by atoms with van der Waals surface area (Å²) in [6, 6.07) is 91.9. The molecule has 1 heteroatoms. The van der Waals surface area contributed by atoms with E-state index in [4.69, 9.17) is 0 Å². The maximum Gasteiger partial charge on any atom is 0.0540 e. The van der Waals surface area contributed by atoms with Crippen molar-refractivity contribution >= 4 is 38.6 Å². The van der Waals surface area contributed by atoms with Gasteiger partial charge in [0, 0.05) is 16.7 Å². The summed E-state index contributed by atoms with van der Waals surface area (Å²) in [6.07, 6.45) is 0. The van der Waals surface area contributed by atoms with Gasteiger partial charge in [-0.25, -0.2) is 0 Å². The molecular weight excluding hydrogens is 855 g/mol. The van der Waals surface area contributed by atoms with Crippen LogP contribution in [0.25, 0.3) is 88.3 Å². The molecule has 1 nitrogen and oxygen atoms in total. The Morgan fingerprint density at radius 3 is 1.03 bits per heavy atom. The van der Waals surface area contributed by atoms with E-state index in [2.05, 4.69) is 295 Å². The van der Waals surface area contributed by atoms with E-state index in [-0.39, 0.29) is 10.8 Å². The summed E-state index contributed by atoms with van der Waals surface area (Å²) >= 11 is 0. The Balaban J connectivity index is 1.19. The van der Waals surface area contributed by atoms with Crippen molar-refractivity contribution in [3.8, 4) is 66.8 Å². The molecule has 0 aliphatic heterocycles. The van der Waals surface area contributed by atoms with E-state index in [1.54, 1.807) is 0 Å². The van der Waals surface area contributed by atoms with Gasteiger partial charge in [0.15, 0.2) is 0 Å². The third kappa shape index (κ3) is 8.74. The first-order valence-electron chi connectivity index (χ1n) is 25.0. The molecule has 0 saturated heterocycles. The summed E-state index contributed by atoms with van der Waals surface area (Å²) in [6.45, 7) is 14.0. The lowest BCUT2D eigenvalue weighted by Crippen LogP contribution is -2.16. The molecule has 0 N–H and O–H groups in total. The molecule has 0 unspecified atom stereocenters. The minimum Gasteiger partial charge on any atom is -0.309 e. The van der Waals surface area contributed by atoms with E-state index in [9.17, 15) is 0 Å². The van der Waals surface area contributed by atoms with Crippen molar-refractivity contribution in [2.24, 2.45) is 0 Å². The zero-order valence-electron chi connectivity index (χ0n) is 41.6. The third-order valence-corrected chi connectivity index (χ3v) is 14.2. The van der Waals surface area contributed by atoms with E-state index in [0.717, 1.165) is 39.3 Å². The fraction of sp³-hybridized carbons (Fsp3) is 0.114. The van der Waals surface area contributed by atoms with Crippen LogP contribution >= 0.6 is 0 Å². The second-order valence-corrected chi connectivity index (χ2v) is 20.9. The average Bonchev–Trinajstić information content (AvgIpc) is 3.41. The predicted octanol–water partition coefficient (Wildman–Crippen LogP) is 20.1. The number of benzene rings is 11. The zero-order valence-corrected chi connectivity index (χ0v) is 41.6. The normalized spacial score (nSPS) is 11.8. The van der Waals surface area contributed by atoms with Gasteiger partial charge in [-0.1, -0.05) is 272 Å². The van der Waals surface area contributed by atoms with Crippen molar-refractivity contribution in [2.75, 3.05) is 4.90 Å². The highest BCUT2D eigenvalue weighted by Crippen LogP contribution is 2.51. The van der Waals surface area contributed by atoms with Crippen LogP contribution in [0.4, 0.5) is 17.1 Å². The van der Waals surface area contributed by atoms with E-state index in [1.807, 2.05) is 0 Å². The monoisotopic (exact) mass is 913 g/mol. The molecule has 0 spiro atoms. The summed E-state index contributed by atoms with van der Waals surface area (Å²) in [5.41, 5.74) is 20.2. The number of fused-ring (bicyclic) bond motifs is 2. The van der Waals surface area contributed by atoms with Crippen LogP contribution in [0.5, 0.6) is 0 Å². The largest absolute Gasteiger partial charge is 0.309 e. The number of anilines is 3. The molecule has 344 valence electrons. The second-order valence-electron chi connectivity index (χ2n) is 20.9. The second kappa shape index (κ2) is 18.6. The predicted molar refractivity (Wildman–Crippen MR) is 306 cm³/mol. The molecule has 0 atom stereocenters. The number of nitrogens with zero attached hydrogens (tertiary/aromatic N) is 1. The van der Waals surface area contributed by atoms with Gasteiger partial charge < -0.3 is 4.90 Å². The molecular formula is C70H59N. The molecule has 0 saturated carbocycles. The third-order valence-electron chi connectivity index (χ3n) is 14.2. The summed E-state index contributed by atoms with van der Waals surface area (Å²) in [5.74, 6) is 0.